The highest BCUT2D eigenvalue weighted by Gasteiger charge is 2.16. The molecule has 0 bridgehead atoms. The van der Waals surface area contributed by atoms with E-state index in [0.717, 1.165) is 5.56 Å². The summed E-state index contributed by atoms with van der Waals surface area (Å²) in [4.78, 5) is 29.1. The van der Waals surface area contributed by atoms with Crippen molar-refractivity contribution in [3.63, 3.8) is 0 Å². The van der Waals surface area contributed by atoms with Gasteiger partial charge in [-0.3, -0.25) is 14.0 Å². The summed E-state index contributed by atoms with van der Waals surface area (Å²) in [7, 11) is 4.55. The number of nitrogens with zero attached hydrogens (tertiary/aromatic N) is 2. The first-order valence-corrected chi connectivity index (χ1v) is 8.12. The van der Waals surface area contributed by atoms with E-state index >= 15 is 0 Å². The number of benzene rings is 1. The highest BCUT2D eigenvalue weighted by molar-refractivity contribution is 5.93. The van der Waals surface area contributed by atoms with Crippen molar-refractivity contribution in [1.82, 2.24) is 14.7 Å². The minimum Gasteiger partial charge on any atom is -0.493 e. The molecule has 0 radical (unpaired) electrons. The van der Waals surface area contributed by atoms with Crippen molar-refractivity contribution in [2.24, 2.45) is 0 Å². The fourth-order valence-corrected chi connectivity index (χ4v) is 2.70. The highest BCUT2D eigenvalue weighted by Crippen LogP contribution is 2.38. The fraction of sp³-hybridized carbons (Fsp3) is 0.211. The van der Waals surface area contributed by atoms with E-state index < -0.39 is 11.5 Å². The third kappa shape index (κ3) is 3.55. The van der Waals surface area contributed by atoms with Crippen LogP contribution in [0.1, 0.15) is 15.9 Å². The lowest BCUT2D eigenvalue weighted by molar-refractivity contribution is 0.0948. The molecule has 0 atom stereocenters. The lowest BCUT2D eigenvalue weighted by Crippen LogP contribution is -2.31. The Morgan fingerprint density at radius 2 is 1.81 bits per heavy atom. The van der Waals surface area contributed by atoms with Gasteiger partial charge < -0.3 is 19.5 Å². The van der Waals surface area contributed by atoms with Gasteiger partial charge in [0.05, 0.1) is 21.3 Å². The first-order chi connectivity index (χ1) is 13.1. The molecule has 3 aromatic rings. The minimum absolute atomic E-state index is 0.0360. The highest BCUT2D eigenvalue weighted by atomic mass is 16.5. The number of pyridine rings is 1. The van der Waals surface area contributed by atoms with Gasteiger partial charge in [0.15, 0.2) is 11.5 Å². The van der Waals surface area contributed by atoms with Gasteiger partial charge in [-0.25, -0.2) is 4.98 Å². The number of hydrogen-bond donors (Lipinski definition) is 1. The molecule has 2 aromatic heterocycles. The number of fused-ring (bicyclic) bond motifs is 1. The predicted molar refractivity (Wildman–Crippen MR) is 98.7 cm³/mol. The fourth-order valence-electron chi connectivity index (χ4n) is 2.70. The zero-order chi connectivity index (χ0) is 19.4. The molecule has 0 saturated carbocycles. The second-order valence-corrected chi connectivity index (χ2v) is 5.62. The van der Waals surface area contributed by atoms with Crippen LogP contribution in [-0.2, 0) is 6.54 Å². The maximum Gasteiger partial charge on any atom is 0.270 e. The maximum atomic E-state index is 12.5. The Hall–Kier alpha value is -3.55. The molecule has 8 heteroatoms. The van der Waals surface area contributed by atoms with Crippen molar-refractivity contribution < 1.29 is 19.0 Å². The van der Waals surface area contributed by atoms with E-state index in [9.17, 15) is 9.59 Å². The van der Waals surface area contributed by atoms with Gasteiger partial charge in [0.1, 0.15) is 11.2 Å². The quantitative estimate of drug-likeness (QED) is 0.710. The van der Waals surface area contributed by atoms with E-state index in [-0.39, 0.29) is 12.1 Å². The molecule has 0 aliphatic carbocycles. The van der Waals surface area contributed by atoms with Gasteiger partial charge in [-0.15, -0.1) is 0 Å². The maximum absolute atomic E-state index is 12.5. The Morgan fingerprint density at radius 1 is 1.11 bits per heavy atom. The summed E-state index contributed by atoms with van der Waals surface area (Å²) >= 11 is 0. The smallest absolute Gasteiger partial charge is 0.270 e. The van der Waals surface area contributed by atoms with Crippen molar-refractivity contribution in [3.05, 3.63) is 64.2 Å². The molecule has 0 aliphatic heterocycles. The molecule has 8 nitrogen and oxygen atoms in total. The van der Waals surface area contributed by atoms with E-state index in [1.165, 1.54) is 31.9 Å². The van der Waals surface area contributed by atoms with E-state index in [0.29, 0.717) is 22.9 Å². The Kier molecular flexibility index (Phi) is 5.25. The number of amides is 1. The van der Waals surface area contributed by atoms with Crippen LogP contribution in [0.5, 0.6) is 17.2 Å². The number of carbonyl (C=O) groups is 1. The van der Waals surface area contributed by atoms with Crippen LogP contribution < -0.4 is 25.1 Å². The van der Waals surface area contributed by atoms with Crippen LogP contribution in [0, 0.1) is 0 Å². The minimum atomic E-state index is -0.514. The number of nitrogens with one attached hydrogen (secondary N) is 1. The average Bonchev–Trinajstić information content (AvgIpc) is 2.71. The topological polar surface area (TPSA) is 91.2 Å². The molecule has 0 aliphatic rings. The molecular formula is C19H19N3O5. The van der Waals surface area contributed by atoms with Crippen molar-refractivity contribution >= 4 is 11.6 Å². The molecule has 2 heterocycles. The van der Waals surface area contributed by atoms with E-state index in [1.54, 1.807) is 36.5 Å². The van der Waals surface area contributed by atoms with E-state index in [2.05, 4.69) is 10.3 Å². The average molecular weight is 369 g/mol. The summed E-state index contributed by atoms with van der Waals surface area (Å²) in [6.07, 6.45) is 2.85. The Balaban J connectivity index is 1.84. The van der Waals surface area contributed by atoms with Crippen LogP contribution in [0.4, 0.5) is 0 Å². The summed E-state index contributed by atoms with van der Waals surface area (Å²) in [5, 5.41) is 2.72. The molecule has 1 N–H and O–H groups in total. The van der Waals surface area contributed by atoms with Crippen molar-refractivity contribution in [2.75, 3.05) is 21.3 Å². The van der Waals surface area contributed by atoms with Gasteiger partial charge in [-0.2, -0.15) is 0 Å². The SMILES string of the molecule is COc1cc(CNC(=O)c2cnc3ccccn3c2=O)cc(OC)c1OC. The van der Waals surface area contributed by atoms with Crippen molar-refractivity contribution in [3.8, 4) is 17.2 Å². The number of hydrogen-bond acceptors (Lipinski definition) is 6. The van der Waals surface area contributed by atoms with Crippen LogP contribution in [0.2, 0.25) is 0 Å². The van der Waals surface area contributed by atoms with Gasteiger partial charge in [-0.1, -0.05) is 6.07 Å². The summed E-state index contributed by atoms with van der Waals surface area (Å²) in [5.41, 5.74) is 0.740. The van der Waals surface area contributed by atoms with E-state index in [4.69, 9.17) is 14.2 Å². The zero-order valence-electron chi connectivity index (χ0n) is 15.2. The Bertz CT molecular complexity index is 1020. The molecule has 0 spiro atoms. The zero-order valence-corrected chi connectivity index (χ0v) is 15.2. The molecule has 140 valence electrons. The van der Waals surface area contributed by atoms with Crippen LogP contribution in [-0.4, -0.2) is 36.6 Å². The summed E-state index contributed by atoms with van der Waals surface area (Å²) < 4.78 is 17.2. The number of ether oxygens (including phenoxy) is 3. The predicted octanol–water partition coefficient (Wildman–Crippen LogP) is 1.65. The molecular weight excluding hydrogens is 350 g/mol. The number of carbonyl (C=O) groups excluding carboxylic acids is 1. The Labute approximate surface area is 155 Å². The van der Waals surface area contributed by atoms with Gasteiger partial charge in [0, 0.05) is 18.9 Å². The third-order valence-electron chi connectivity index (χ3n) is 4.04. The molecule has 1 amide bonds. The first-order valence-electron chi connectivity index (χ1n) is 8.12. The second-order valence-electron chi connectivity index (χ2n) is 5.62. The van der Waals surface area contributed by atoms with Gasteiger partial charge in [0.25, 0.3) is 11.5 Å². The Morgan fingerprint density at radius 3 is 2.44 bits per heavy atom. The lowest BCUT2D eigenvalue weighted by Gasteiger charge is -2.14. The standard InChI is InChI=1S/C19H19N3O5/c1-25-14-8-12(9-15(26-2)17(14)27-3)10-21-18(23)13-11-20-16-6-4-5-7-22(16)19(13)24/h4-9,11H,10H2,1-3H3,(H,21,23). The summed E-state index contributed by atoms with van der Waals surface area (Å²) in [6.45, 7) is 0.173. The van der Waals surface area contributed by atoms with Crippen LogP contribution >= 0.6 is 0 Å². The van der Waals surface area contributed by atoms with Crippen LogP contribution in [0.25, 0.3) is 5.65 Å². The molecule has 27 heavy (non-hydrogen) atoms. The van der Waals surface area contributed by atoms with Crippen LogP contribution in [0.3, 0.4) is 0 Å². The summed E-state index contributed by atoms with van der Waals surface area (Å²) in [6, 6.07) is 8.62. The lowest BCUT2D eigenvalue weighted by atomic mass is 10.1. The molecule has 3 rings (SSSR count). The monoisotopic (exact) mass is 369 g/mol. The summed E-state index contributed by atoms with van der Waals surface area (Å²) in [5.74, 6) is 0.911. The normalized spacial score (nSPS) is 10.5. The van der Waals surface area contributed by atoms with E-state index in [1.807, 2.05) is 0 Å². The molecule has 0 unspecified atom stereocenters. The largest absolute Gasteiger partial charge is 0.493 e. The molecule has 0 fully saturated rings. The molecule has 0 saturated heterocycles. The first kappa shape index (κ1) is 18.2. The van der Waals surface area contributed by atoms with Crippen molar-refractivity contribution in [2.45, 2.75) is 6.54 Å². The second kappa shape index (κ2) is 7.77. The van der Waals surface area contributed by atoms with Crippen molar-refractivity contribution in [1.29, 1.82) is 0 Å². The number of aromatic nitrogens is 2. The number of rotatable bonds is 6. The number of methoxy groups -OCH3 is 3. The molecule has 1 aromatic carbocycles. The van der Waals surface area contributed by atoms with Gasteiger partial charge in [0.2, 0.25) is 5.75 Å². The van der Waals surface area contributed by atoms with Gasteiger partial charge >= 0.3 is 0 Å². The van der Waals surface area contributed by atoms with Gasteiger partial charge in [-0.05, 0) is 29.8 Å². The van der Waals surface area contributed by atoms with Crippen LogP contribution in [0.15, 0.2) is 47.5 Å². The third-order valence-corrected chi connectivity index (χ3v) is 4.04.